The lowest BCUT2D eigenvalue weighted by atomic mass is 10.2. The Morgan fingerprint density at radius 3 is 2.47 bits per heavy atom. The Kier molecular flexibility index (Phi) is 4.13. The summed E-state index contributed by atoms with van der Waals surface area (Å²) in [6.45, 7) is 1.19. The SMILES string of the molecule is Fc1c(Cl)cccc1CNCc1ccccc1. The molecule has 0 aliphatic carbocycles. The van der Waals surface area contributed by atoms with Gasteiger partial charge in [0.1, 0.15) is 5.82 Å². The lowest BCUT2D eigenvalue weighted by molar-refractivity contribution is 0.588. The zero-order valence-electron chi connectivity index (χ0n) is 9.29. The molecule has 3 heteroatoms. The van der Waals surface area contributed by atoms with Crippen molar-refractivity contribution >= 4 is 11.6 Å². The first-order valence-electron chi connectivity index (χ1n) is 5.45. The van der Waals surface area contributed by atoms with Gasteiger partial charge in [0, 0.05) is 18.7 Å². The lowest BCUT2D eigenvalue weighted by Crippen LogP contribution is -2.13. The van der Waals surface area contributed by atoms with E-state index in [1.165, 1.54) is 5.56 Å². The summed E-state index contributed by atoms with van der Waals surface area (Å²) in [5.74, 6) is -0.338. The van der Waals surface area contributed by atoms with E-state index in [1.54, 1.807) is 18.2 Å². The zero-order valence-corrected chi connectivity index (χ0v) is 10.0. The largest absolute Gasteiger partial charge is 0.309 e. The molecule has 0 saturated carbocycles. The first kappa shape index (κ1) is 12.1. The maximum atomic E-state index is 13.6. The van der Waals surface area contributed by atoms with E-state index in [0.29, 0.717) is 18.7 Å². The van der Waals surface area contributed by atoms with Crippen LogP contribution >= 0.6 is 11.6 Å². The first-order valence-corrected chi connectivity index (χ1v) is 5.82. The molecule has 2 aromatic rings. The Balaban J connectivity index is 1.93. The van der Waals surface area contributed by atoms with Crippen LogP contribution in [0.1, 0.15) is 11.1 Å². The van der Waals surface area contributed by atoms with Crippen LogP contribution in [0.3, 0.4) is 0 Å². The minimum atomic E-state index is -0.338. The highest BCUT2D eigenvalue weighted by Gasteiger charge is 2.05. The van der Waals surface area contributed by atoms with Crippen molar-refractivity contribution < 1.29 is 4.39 Å². The second kappa shape index (κ2) is 5.80. The number of hydrogen-bond donors (Lipinski definition) is 1. The highest BCUT2D eigenvalue weighted by atomic mass is 35.5. The highest BCUT2D eigenvalue weighted by molar-refractivity contribution is 6.30. The molecule has 0 aromatic heterocycles. The van der Waals surface area contributed by atoms with Gasteiger partial charge in [0.2, 0.25) is 0 Å². The molecule has 1 nitrogen and oxygen atoms in total. The molecule has 17 heavy (non-hydrogen) atoms. The van der Waals surface area contributed by atoms with E-state index in [9.17, 15) is 4.39 Å². The summed E-state index contributed by atoms with van der Waals surface area (Å²) in [6, 6.07) is 15.0. The summed E-state index contributed by atoms with van der Waals surface area (Å²) >= 11 is 5.71. The Morgan fingerprint density at radius 2 is 1.71 bits per heavy atom. The molecule has 88 valence electrons. The van der Waals surface area contributed by atoms with E-state index < -0.39 is 0 Å². The molecule has 0 unspecified atom stereocenters. The van der Waals surface area contributed by atoms with E-state index in [1.807, 2.05) is 30.3 Å². The second-order valence-electron chi connectivity index (χ2n) is 3.80. The van der Waals surface area contributed by atoms with Gasteiger partial charge in [-0.05, 0) is 11.6 Å². The van der Waals surface area contributed by atoms with Gasteiger partial charge in [-0.15, -0.1) is 0 Å². The van der Waals surface area contributed by atoms with Gasteiger partial charge in [-0.25, -0.2) is 4.39 Å². The molecule has 1 N–H and O–H groups in total. The van der Waals surface area contributed by atoms with Crippen molar-refractivity contribution in [3.05, 3.63) is 70.5 Å². The number of hydrogen-bond acceptors (Lipinski definition) is 1. The van der Waals surface area contributed by atoms with Crippen LogP contribution in [0.5, 0.6) is 0 Å². The van der Waals surface area contributed by atoms with Crippen molar-refractivity contribution in [1.82, 2.24) is 5.32 Å². The van der Waals surface area contributed by atoms with Crippen molar-refractivity contribution in [1.29, 1.82) is 0 Å². The van der Waals surface area contributed by atoms with Crippen molar-refractivity contribution in [3.63, 3.8) is 0 Å². The van der Waals surface area contributed by atoms with Gasteiger partial charge < -0.3 is 5.32 Å². The molecule has 0 spiro atoms. The Labute approximate surface area is 105 Å². The molecule has 0 saturated heterocycles. The minimum absolute atomic E-state index is 0.170. The maximum absolute atomic E-state index is 13.6. The van der Waals surface area contributed by atoms with Gasteiger partial charge in [0.15, 0.2) is 0 Å². The fourth-order valence-corrected chi connectivity index (χ4v) is 1.82. The number of benzene rings is 2. The molecule has 0 heterocycles. The lowest BCUT2D eigenvalue weighted by Gasteiger charge is -2.06. The summed E-state index contributed by atoms with van der Waals surface area (Å²) < 4.78 is 13.6. The van der Waals surface area contributed by atoms with Gasteiger partial charge in [-0.3, -0.25) is 0 Å². The third-order valence-corrected chi connectivity index (χ3v) is 2.81. The maximum Gasteiger partial charge on any atom is 0.146 e. The Hall–Kier alpha value is -1.38. The molecular formula is C14H13ClFN. The average Bonchev–Trinajstić information content (AvgIpc) is 2.36. The van der Waals surface area contributed by atoms with E-state index in [4.69, 9.17) is 11.6 Å². The molecule has 0 bridgehead atoms. The first-order chi connectivity index (χ1) is 8.27. The van der Waals surface area contributed by atoms with Crippen LogP contribution in [0.15, 0.2) is 48.5 Å². The number of nitrogens with one attached hydrogen (secondary N) is 1. The highest BCUT2D eigenvalue weighted by Crippen LogP contribution is 2.17. The van der Waals surface area contributed by atoms with Crippen molar-refractivity contribution in [2.24, 2.45) is 0 Å². The standard InChI is InChI=1S/C14H13ClFN/c15-13-8-4-7-12(14(13)16)10-17-9-11-5-2-1-3-6-11/h1-8,17H,9-10H2. The summed E-state index contributed by atoms with van der Waals surface area (Å²) in [6.07, 6.45) is 0. The van der Waals surface area contributed by atoms with Crippen molar-refractivity contribution in [3.8, 4) is 0 Å². The van der Waals surface area contributed by atoms with Crippen LogP contribution in [-0.4, -0.2) is 0 Å². The van der Waals surface area contributed by atoms with Crippen LogP contribution in [0, 0.1) is 5.82 Å². The van der Waals surface area contributed by atoms with Gasteiger partial charge in [-0.1, -0.05) is 54.1 Å². The summed E-state index contributed by atoms with van der Waals surface area (Å²) in [4.78, 5) is 0. The third-order valence-electron chi connectivity index (χ3n) is 2.52. The van der Waals surface area contributed by atoms with Crippen LogP contribution in [0.25, 0.3) is 0 Å². The van der Waals surface area contributed by atoms with Gasteiger partial charge >= 0.3 is 0 Å². The smallest absolute Gasteiger partial charge is 0.146 e. The number of rotatable bonds is 4. The molecule has 0 atom stereocenters. The molecule has 0 radical (unpaired) electrons. The predicted octanol–water partition coefficient (Wildman–Crippen LogP) is 3.77. The van der Waals surface area contributed by atoms with E-state index in [2.05, 4.69) is 5.32 Å². The van der Waals surface area contributed by atoms with Crippen LogP contribution in [-0.2, 0) is 13.1 Å². The van der Waals surface area contributed by atoms with E-state index >= 15 is 0 Å². The zero-order chi connectivity index (χ0) is 12.1. The van der Waals surface area contributed by atoms with Crippen LogP contribution in [0.2, 0.25) is 5.02 Å². The van der Waals surface area contributed by atoms with Crippen LogP contribution in [0.4, 0.5) is 4.39 Å². The topological polar surface area (TPSA) is 12.0 Å². The van der Waals surface area contributed by atoms with Crippen molar-refractivity contribution in [2.45, 2.75) is 13.1 Å². The monoisotopic (exact) mass is 249 g/mol. The normalized spacial score (nSPS) is 10.5. The fourth-order valence-electron chi connectivity index (χ4n) is 1.62. The van der Waals surface area contributed by atoms with Gasteiger partial charge in [0.25, 0.3) is 0 Å². The summed E-state index contributed by atoms with van der Waals surface area (Å²) in [7, 11) is 0. The number of halogens is 2. The van der Waals surface area contributed by atoms with Crippen molar-refractivity contribution in [2.75, 3.05) is 0 Å². The molecule has 2 aromatic carbocycles. The molecular weight excluding hydrogens is 237 g/mol. The Morgan fingerprint density at radius 1 is 0.941 bits per heavy atom. The van der Waals surface area contributed by atoms with Gasteiger partial charge in [0.05, 0.1) is 5.02 Å². The Bertz CT molecular complexity index is 485. The van der Waals surface area contributed by atoms with Crippen LogP contribution < -0.4 is 5.32 Å². The van der Waals surface area contributed by atoms with E-state index in [-0.39, 0.29) is 10.8 Å². The quantitative estimate of drug-likeness (QED) is 0.870. The summed E-state index contributed by atoms with van der Waals surface area (Å²) in [5.41, 5.74) is 1.77. The molecule has 0 amide bonds. The summed E-state index contributed by atoms with van der Waals surface area (Å²) in [5, 5.41) is 3.36. The van der Waals surface area contributed by atoms with E-state index in [0.717, 1.165) is 0 Å². The molecule has 2 rings (SSSR count). The van der Waals surface area contributed by atoms with Gasteiger partial charge in [-0.2, -0.15) is 0 Å². The fraction of sp³-hybridized carbons (Fsp3) is 0.143. The predicted molar refractivity (Wildman–Crippen MR) is 68.4 cm³/mol. The average molecular weight is 250 g/mol. The minimum Gasteiger partial charge on any atom is -0.309 e. The molecule has 0 aliphatic heterocycles. The molecule has 0 fully saturated rings. The molecule has 0 aliphatic rings. The third kappa shape index (κ3) is 3.29. The second-order valence-corrected chi connectivity index (χ2v) is 4.21.